The molecule has 0 aliphatic heterocycles. The predicted octanol–water partition coefficient (Wildman–Crippen LogP) is 0.782. The molecule has 0 spiro atoms. The van der Waals surface area contributed by atoms with Crippen molar-refractivity contribution in [1.29, 1.82) is 0 Å². The summed E-state index contributed by atoms with van der Waals surface area (Å²) in [6.45, 7) is 1.27. The minimum absolute atomic E-state index is 0. The van der Waals surface area contributed by atoms with Crippen molar-refractivity contribution in [1.82, 2.24) is 5.01 Å². The Morgan fingerprint density at radius 2 is 2.00 bits per heavy atom. The highest BCUT2D eigenvalue weighted by Gasteiger charge is 1.96. The van der Waals surface area contributed by atoms with E-state index in [9.17, 15) is 9.70 Å². The van der Waals surface area contributed by atoms with Gasteiger partial charge in [0.2, 0.25) is 5.91 Å². The summed E-state index contributed by atoms with van der Waals surface area (Å²) in [5.41, 5.74) is 0. The van der Waals surface area contributed by atoms with Crippen LogP contribution in [0.2, 0.25) is 0 Å². The molecule has 1 amide bonds. The Hall–Kier alpha value is -0.930. The van der Waals surface area contributed by atoms with Crippen LogP contribution in [0.1, 0.15) is 14.4 Å². The summed E-state index contributed by atoms with van der Waals surface area (Å²) in [4.78, 5) is 19.4. The van der Waals surface area contributed by atoms with Gasteiger partial charge in [0.25, 0.3) is 0 Å². The van der Waals surface area contributed by atoms with Crippen molar-refractivity contribution in [2.45, 2.75) is 14.4 Å². The van der Waals surface area contributed by atoms with Gasteiger partial charge in [-0.1, -0.05) is 7.43 Å². The Morgan fingerprint density at radius 3 is 2.00 bits per heavy atom. The molecule has 0 radical (unpaired) electrons. The van der Waals surface area contributed by atoms with E-state index in [-0.39, 0.29) is 13.3 Å². The molecule has 0 aromatic rings. The summed E-state index contributed by atoms with van der Waals surface area (Å²) in [7, 11) is 1.30. The van der Waals surface area contributed by atoms with Crippen LogP contribution in [0.5, 0.6) is 0 Å². The van der Waals surface area contributed by atoms with Crippen LogP contribution in [0.3, 0.4) is 0 Å². The second-order valence-electron chi connectivity index (χ2n) is 1.12. The molecule has 0 fully saturated rings. The van der Waals surface area contributed by atoms with Gasteiger partial charge in [-0.3, -0.25) is 4.79 Å². The smallest absolute Gasteiger partial charge is 0.241 e. The quantitative estimate of drug-likeness (QED) is 0.377. The monoisotopic (exact) mass is 118 g/mol. The molecule has 0 saturated carbocycles. The number of nitroso groups, excluding NO2 is 1. The first-order valence-electron chi connectivity index (χ1n) is 1.76. The van der Waals surface area contributed by atoms with E-state index in [4.69, 9.17) is 0 Å². The zero-order chi connectivity index (χ0) is 5.86. The molecule has 48 valence electrons. The molecule has 8 heavy (non-hydrogen) atoms. The van der Waals surface area contributed by atoms with E-state index in [1.165, 1.54) is 14.0 Å². The van der Waals surface area contributed by atoms with E-state index in [2.05, 4.69) is 5.29 Å². The fourth-order valence-corrected chi connectivity index (χ4v) is 0.0575. The molecule has 0 heterocycles. The lowest BCUT2D eigenvalue weighted by Gasteiger charge is -1.97. The van der Waals surface area contributed by atoms with Gasteiger partial charge in [0, 0.05) is 14.0 Å². The first-order valence-corrected chi connectivity index (χ1v) is 1.76. The summed E-state index contributed by atoms with van der Waals surface area (Å²) in [6, 6.07) is 0. The molecule has 4 heteroatoms. The highest BCUT2D eigenvalue weighted by Crippen LogP contribution is 1.79. The molecular weight excluding hydrogens is 108 g/mol. The van der Waals surface area contributed by atoms with Crippen LogP contribution < -0.4 is 0 Å². The lowest BCUT2D eigenvalue weighted by molar-refractivity contribution is -0.127. The molecule has 0 rings (SSSR count). The van der Waals surface area contributed by atoms with E-state index in [0.717, 1.165) is 5.01 Å². The van der Waals surface area contributed by atoms with Crippen LogP contribution in [-0.4, -0.2) is 18.0 Å². The van der Waals surface area contributed by atoms with Crippen molar-refractivity contribution >= 4 is 5.91 Å². The van der Waals surface area contributed by atoms with Crippen molar-refractivity contribution in [3.8, 4) is 0 Å². The highest BCUT2D eigenvalue weighted by atomic mass is 16.3. The van der Waals surface area contributed by atoms with E-state index in [1.807, 2.05) is 0 Å². The van der Waals surface area contributed by atoms with Crippen molar-refractivity contribution in [2.75, 3.05) is 7.05 Å². The van der Waals surface area contributed by atoms with Gasteiger partial charge in [-0.25, -0.2) is 5.01 Å². The lowest BCUT2D eigenvalue weighted by atomic mass is 10.7. The molecule has 0 aromatic carbocycles. The molecular formula is C4H10N2O2. The topological polar surface area (TPSA) is 49.7 Å². The standard InChI is InChI=1S/C3H6N2O2.CH4/c1-3(6)5(2)4-7;/h1-2H3;1H4. The average molecular weight is 118 g/mol. The van der Waals surface area contributed by atoms with Crippen molar-refractivity contribution < 1.29 is 4.79 Å². The van der Waals surface area contributed by atoms with Gasteiger partial charge >= 0.3 is 0 Å². The highest BCUT2D eigenvalue weighted by molar-refractivity contribution is 5.72. The van der Waals surface area contributed by atoms with E-state index >= 15 is 0 Å². The Labute approximate surface area is 48.4 Å². The normalized spacial score (nSPS) is 6.75. The maximum absolute atomic E-state index is 10.0. The largest absolute Gasteiger partial charge is 0.273 e. The summed E-state index contributed by atoms with van der Waals surface area (Å²) >= 11 is 0. The van der Waals surface area contributed by atoms with Crippen LogP contribution in [0.25, 0.3) is 0 Å². The van der Waals surface area contributed by atoms with Gasteiger partial charge in [-0.05, 0) is 0 Å². The maximum atomic E-state index is 10.0. The predicted molar refractivity (Wildman–Crippen MR) is 31.0 cm³/mol. The molecule has 0 bridgehead atoms. The maximum Gasteiger partial charge on any atom is 0.241 e. The zero-order valence-electron chi connectivity index (χ0n) is 4.21. The number of hydrogen-bond donors (Lipinski definition) is 0. The van der Waals surface area contributed by atoms with Gasteiger partial charge < -0.3 is 0 Å². The van der Waals surface area contributed by atoms with Crippen LogP contribution in [0.4, 0.5) is 0 Å². The number of carbonyl (C=O) groups excluding carboxylic acids is 1. The third-order valence-corrected chi connectivity index (χ3v) is 0.578. The second-order valence-corrected chi connectivity index (χ2v) is 1.12. The number of hydrogen-bond acceptors (Lipinski definition) is 3. The zero-order valence-corrected chi connectivity index (χ0v) is 4.21. The summed E-state index contributed by atoms with van der Waals surface area (Å²) in [5.74, 6) is -0.352. The third kappa shape index (κ3) is 3.27. The molecule has 0 aromatic heterocycles. The van der Waals surface area contributed by atoms with Crippen molar-refractivity contribution in [2.24, 2.45) is 5.29 Å². The van der Waals surface area contributed by atoms with Crippen LogP contribution >= 0.6 is 0 Å². The van der Waals surface area contributed by atoms with Crippen LogP contribution in [0, 0.1) is 4.91 Å². The van der Waals surface area contributed by atoms with Gasteiger partial charge in [0.1, 0.15) is 0 Å². The molecule has 0 saturated heterocycles. The Balaban J connectivity index is 0. The van der Waals surface area contributed by atoms with E-state index in [1.54, 1.807) is 0 Å². The fourth-order valence-electron chi connectivity index (χ4n) is 0.0575. The molecule has 0 aliphatic carbocycles. The first-order chi connectivity index (χ1) is 3.18. The second kappa shape index (κ2) is 4.23. The minimum Gasteiger partial charge on any atom is -0.273 e. The molecule has 0 N–H and O–H groups in total. The van der Waals surface area contributed by atoms with Crippen molar-refractivity contribution in [3.05, 3.63) is 4.91 Å². The first kappa shape index (κ1) is 10.1. The summed E-state index contributed by atoms with van der Waals surface area (Å²) in [6.07, 6.45) is 0. The SMILES string of the molecule is C.CC(=O)N(C)N=O. The summed E-state index contributed by atoms with van der Waals surface area (Å²) in [5, 5.41) is 3.04. The Bertz CT molecular complexity index is 92.0. The molecule has 0 unspecified atom stereocenters. The lowest BCUT2D eigenvalue weighted by Crippen LogP contribution is -2.15. The number of rotatable bonds is 1. The van der Waals surface area contributed by atoms with E-state index in [0.29, 0.717) is 0 Å². The van der Waals surface area contributed by atoms with Crippen LogP contribution in [0.15, 0.2) is 5.29 Å². The number of carbonyl (C=O) groups is 1. The van der Waals surface area contributed by atoms with E-state index < -0.39 is 0 Å². The Kier molecular flexibility index (Phi) is 5.36. The Morgan fingerprint density at radius 1 is 1.62 bits per heavy atom. The average Bonchev–Trinajstić information content (AvgIpc) is 1.65. The van der Waals surface area contributed by atoms with Gasteiger partial charge in [-0.15, -0.1) is 4.91 Å². The third-order valence-electron chi connectivity index (χ3n) is 0.578. The molecule has 4 nitrogen and oxygen atoms in total. The van der Waals surface area contributed by atoms with Gasteiger partial charge in [-0.2, -0.15) is 0 Å². The van der Waals surface area contributed by atoms with Crippen LogP contribution in [-0.2, 0) is 4.79 Å². The van der Waals surface area contributed by atoms with Gasteiger partial charge in [0.15, 0.2) is 0 Å². The molecule has 0 aliphatic rings. The summed E-state index contributed by atoms with van der Waals surface area (Å²) < 4.78 is 0. The number of nitrogens with zero attached hydrogens (tertiary/aromatic N) is 2. The van der Waals surface area contributed by atoms with Crippen molar-refractivity contribution in [3.63, 3.8) is 0 Å². The number of amides is 1. The fraction of sp³-hybridized carbons (Fsp3) is 0.750. The van der Waals surface area contributed by atoms with Gasteiger partial charge in [0.05, 0.1) is 5.29 Å². The molecule has 0 atom stereocenters. The minimum atomic E-state index is -0.352.